The van der Waals surface area contributed by atoms with E-state index < -0.39 is 31.2 Å². The molecule has 0 amide bonds. The zero-order valence-corrected chi connectivity index (χ0v) is 7.78. The molecule has 0 spiro atoms. The average Bonchev–Trinajstić information content (AvgIpc) is 1.95. The highest BCUT2D eigenvalue weighted by Crippen LogP contribution is 2.47. The van der Waals surface area contributed by atoms with Crippen molar-refractivity contribution in [2.75, 3.05) is 6.16 Å². The predicted octanol–water partition coefficient (Wildman–Crippen LogP) is -0.644. The molecule has 7 heteroatoms. The summed E-state index contributed by atoms with van der Waals surface area (Å²) in [6, 6.07) is 0. The number of carboxylic acid groups (broad SMARTS) is 1. The fraction of sp³-hybridized carbons (Fsp3) is 0.833. The van der Waals surface area contributed by atoms with Gasteiger partial charge < -0.3 is 20.6 Å². The van der Waals surface area contributed by atoms with Crippen LogP contribution in [0.3, 0.4) is 0 Å². The Balaban J connectivity index is 2.65. The number of carbonyl (C=O) groups is 1. The molecule has 1 fully saturated rings. The van der Waals surface area contributed by atoms with Crippen LogP contribution in [0.2, 0.25) is 0 Å². The molecule has 1 aliphatic carbocycles. The lowest BCUT2D eigenvalue weighted by molar-refractivity contribution is -0.149. The van der Waals surface area contributed by atoms with E-state index in [1.54, 1.807) is 0 Å². The van der Waals surface area contributed by atoms with E-state index in [9.17, 15) is 9.36 Å². The Bertz CT molecular complexity index is 274. The van der Waals surface area contributed by atoms with Crippen LogP contribution in [-0.4, -0.2) is 32.6 Å². The number of rotatable bonds is 3. The number of nitrogens with two attached hydrogens (primary N) is 1. The number of aliphatic carboxylic acids is 1. The molecule has 76 valence electrons. The van der Waals surface area contributed by atoms with Gasteiger partial charge >= 0.3 is 13.6 Å². The lowest BCUT2D eigenvalue weighted by atomic mass is 9.68. The highest BCUT2D eigenvalue weighted by molar-refractivity contribution is 7.51. The minimum atomic E-state index is -4.15. The number of hydrogen-bond donors (Lipinski definition) is 4. The predicted molar refractivity (Wildman–Crippen MR) is 44.2 cm³/mol. The fourth-order valence-electron chi connectivity index (χ4n) is 1.48. The molecule has 0 bridgehead atoms. The third-order valence-corrected chi connectivity index (χ3v) is 3.41. The molecular weight excluding hydrogens is 197 g/mol. The minimum absolute atomic E-state index is 0.285. The molecule has 1 aliphatic rings. The van der Waals surface area contributed by atoms with Crippen molar-refractivity contribution in [1.29, 1.82) is 0 Å². The van der Waals surface area contributed by atoms with Crippen LogP contribution in [0.25, 0.3) is 0 Å². The van der Waals surface area contributed by atoms with Crippen molar-refractivity contribution in [2.45, 2.75) is 18.4 Å². The van der Waals surface area contributed by atoms with Crippen LogP contribution in [0, 0.1) is 5.92 Å². The van der Waals surface area contributed by atoms with E-state index in [1.165, 1.54) is 0 Å². The summed E-state index contributed by atoms with van der Waals surface area (Å²) in [6.07, 6.45) is 0.316. The standard InChI is InChI=1S/C6H12NO5P/c7-6(5(8)9)2-1-4(6)3-13(10,11)12/h4H,1-3,7H2,(H,8,9)(H2,10,11,12)/t4-,6+/m1/s1. The third kappa shape index (κ3) is 2.08. The van der Waals surface area contributed by atoms with Crippen LogP contribution in [0.15, 0.2) is 0 Å². The largest absolute Gasteiger partial charge is 0.480 e. The van der Waals surface area contributed by atoms with E-state index in [-0.39, 0.29) is 6.42 Å². The highest BCUT2D eigenvalue weighted by Gasteiger charge is 2.51. The van der Waals surface area contributed by atoms with Gasteiger partial charge in [0.15, 0.2) is 0 Å². The highest BCUT2D eigenvalue weighted by atomic mass is 31.2. The van der Waals surface area contributed by atoms with Crippen molar-refractivity contribution in [3.63, 3.8) is 0 Å². The maximum atomic E-state index is 10.6. The molecule has 0 heterocycles. The van der Waals surface area contributed by atoms with Gasteiger partial charge in [-0.1, -0.05) is 0 Å². The van der Waals surface area contributed by atoms with E-state index >= 15 is 0 Å². The van der Waals surface area contributed by atoms with Gasteiger partial charge in [-0.05, 0) is 18.8 Å². The second-order valence-corrected chi connectivity index (χ2v) is 5.12. The first-order valence-electron chi connectivity index (χ1n) is 3.82. The Morgan fingerprint density at radius 1 is 1.62 bits per heavy atom. The van der Waals surface area contributed by atoms with Crippen LogP contribution in [0.4, 0.5) is 0 Å². The molecule has 0 aromatic heterocycles. The van der Waals surface area contributed by atoms with E-state index in [0.717, 1.165) is 0 Å². The van der Waals surface area contributed by atoms with Crippen molar-refractivity contribution < 1.29 is 24.3 Å². The van der Waals surface area contributed by atoms with Gasteiger partial charge in [0.2, 0.25) is 0 Å². The molecule has 1 rings (SSSR count). The fourth-order valence-corrected chi connectivity index (χ4v) is 2.56. The normalized spacial score (nSPS) is 33.9. The smallest absolute Gasteiger partial charge is 0.325 e. The Kier molecular flexibility index (Phi) is 2.51. The molecule has 0 radical (unpaired) electrons. The van der Waals surface area contributed by atoms with Gasteiger partial charge in [0.05, 0.1) is 6.16 Å². The van der Waals surface area contributed by atoms with Gasteiger partial charge in [-0.3, -0.25) is 9.36 Å². The average molecular weight is 209 g/mol. The first kappa shape index (κ1) is 10.7. The molecule has 13 heavy (non-hydrogen) atoms. The van der Waals surface area contributed by atoms with Gasteiger partial charge in [-0.25, -0.2) is 0 Å². The SMILES string of the molecule is N[C@@]1(C(=O)O)CC[C@@H]1CP(=O)(O)O. The topological polar surface area (TPSA) is 121 Å². The molecule has 0 saturated heterocycles. The molecule has 0 aromatic rings. The minimum Gasteiger partial charge on any atom is -0.480 e. The van der Waals surface area contributed by atoms with Crippen molar-refractivity contribution in [2.24, 2.45) is 11.7 Å². The summed E-state index contributed by atoms with van der Waals surface area (Å²) in [5.41, 5.74) is 4.02. The summed E-state index contributed by atoms with van der Waals surface area (Å²) in [4.78, 5) is 27.9. The molecule has 2 atom stereocenters. The monoisotopic (exact) mass is 209 g/mol. The zero-order valence-electron chi connectivity index (χ0n) is 6.88. The first-order chi connectivity index (χ1) is 5.76. The lowest BCUT2D eigenvalue weighted by Gasteiger charge is -2.43. The van der Waals surface area contributed by atoms with E-state index in [0.29, 0.717) is 6.42 Å². The third-order valence-electron chi connectivity index (χ3n) is 2.49. The van der Waals surface area contributed by atoms with Gasteiger partial charge in [-0.2, -0.15) is 0 Å². The summed E-state index contributed by atoms with van der Waals surface area (Å²) in [7, 11) is -4.15. The van der Waals surface area contributed by atoms with Gasteiger partial charge in [0.1, 0.15) is 5.54 Å². The van der Waals surface area contributed by atoms with Crippen LogP contribution < -0.4 is 5.73 Å². The van der Waals surface area contributed by atoms with Crippen LogP contribution in [-0.2, 0) is 9.36 Å². The van der Waals surface area contributed by atoms with Crippen molar-refractivity contribution in [3.05, 3.63) is 0 Å². The maximum Gasteiger partial charge on any atom is 0.325 e. The lowest BCUT2D eigenvalue weighted by Crippen LogP contribution is -2.61. The van der Waals surface area contributed by atoms with Gasteiger partial charge in [0, 0.05) is 0 Å². The van der Waals surface area contributed by atoms with Crippen molar-refractivity contribution in [1.82, 2.24) is 0 Å². The maximum absolute atomic E-state index is 10.6. The van der Waals surface area contributed by atoms with Crippen molar-refractivity contribution in [3.8, 4) is 0 Å². The summed E-state index contributed by atoms with van der Waals surface area (Å²) < 4.78 is 10.6. The Hall–Kier alpha value is -0.420. The van der Waals surface area contributed by atoms with Crippen LogP contribution in [0.5, 0.6) is 0 Å². The van der Waals surface area contributed by atoms with Crippen LogP contribution >= 0.6 is 7.60 Å². The van der Waals surface area contributed by atoms with E-state index in [2.05, 4.69) is 0 Å². The van der Waals surface area contributed by atoms with E-state index in [1.807, 2.05) is 0 Å². The van der Waals surface area contributed by atoms with Gasteiger partial charge in [0.25, 0.3) is 0 Å². The number of hydrogen-bond acceptors (Lipinski definition) is 3. The Labute approximate surface area is 74.9 Å². The summed E-state index contributed by atoms with van der Waals surface area (Å²) in [5, 5.41) is 8.68. The second-order valence-electron chi connectivity index (χ2n) is 3.43. The number of carboxylic acids is 1. The molecular formula is C6H12NO5P. The van der Waals surface area contributed by atoms with Crippen molar-refractivity contribution >= 4 is 13.6 Å². The molecule has 5 N–H and O–H groups in total. The van der Waals surface area contributed by atoms with Gasteiger partial charge in [-0.15, -0.1) is 0 Å². The van der Waals surface area contributed by atoms with Crippen LogP contribution in [0.1, 0.15) is 12.8 Å². The molecule has 6 nitrogen and oxygen atoms in total. The first-order valence-corrected chi connectivity index (χ1v) is 5.62. The molecule has 1 saturated carbocycles. The Morgan fingerprint density at radius 2 is 2.15 bits per heavy atom. The zero-order chi connectivity index (χ0) is 10.3. The molecule has 0 aliphatic heterocycles. The summed E-state index contributed by atoms with van der Waals surface area (Å²) in [6.45, 7) is 0. The molecule has 0 unspecified atom stereocenters. The Morgan fingerprint density at radius 3 is 2.38 bits per heavy atom. The molecule has 0 aromatic carbocycles. The van der Waals surface area contributed by atoms with E-state index in [4.69, 9.17) is 20.6 Å². The second kappa shape index (κ2) is 3.06. The summed E-state index contributed by atoms with van der Waals surface area (Å²) in [5.74, 6) is -1.79. The summed E-state index contributed by atoms with van der Waals surface area (Å²) >= 11 is 0. The quantitative estimate of drug-likeness (QED) is 0.458.